The summed E-state index contributed by atoms with van der Waals surface area (Å²) in [7, 11) is 0. The Morgan fingerprint density at radius 1 is 0.878 bits per heavy atom. The number of anilines is 2. The maximum Gasteiger partial charge on any atom is 0.225 e. The van der Waals surface area contributed by atoms with Crippen molar-refractivity contribution in [2.24, 2.45) is 0 Å². The zero-order chi connectivity index (χ0) is 27.8. The summed E-state index contributed by atoms with van der Waals surface area (Å²) in [5.41, 5.74) is 8.36. The minimum Gasteiger partial charge on any atom is -0.384 e. The van der Waals surface area contributed by atoms with Gasteiger partial charge in [0.1, 0.15) is 0 Å². The van der Waals surface area contributed by atoms with Gasteiger partial charge in [-0.05, 0) is 73.5 Å². The molecule has 0 bridgehead atoms. The standard InChI is InChI=1S/C34H31N5O2/c40-30(15-18-35-16-5-17-36-32-24-7-1-2-10-28(24)39-29-11-4-8-25(29)32)38-22-12-13-23-27(20-22)34(41)26-9-3-6-21-14-19-37-33(23)31(21)26/h1-3,6-7,9-10,12-14,19-20,35H,4-5,8,11,15-18H2,(H,36,39)(H,38,40). The molecule has 0 atom stereocenters. The number of ketones is 1. The second-order valence-corrected chi connectivity index (χ2v) is 10.8. The number of carbonyl (C=O) groups excluding carboxylic acids is 2. The van der Waals surface area contributed by atoms with Gasteiger partial charge in [0.2, 0.25) is 5.91 Å². The summed E-state index contributed by atoms with van der Waals surface area (Å²) in [4.78, 5) is 35.4. The highest BCUT2D eigenvalue weighted by Gasteiger charge is 2.26. The van der Waals surface area contributed by atoms with E-state index in [1.54, 1.807) is 12.3 Å². The zero-order valence-electron chi connectivity index (χ0n) is 22.8. The molecule has 0 saturated heterocycles. The number of hydrogen-bond donors (Lipinski definition) is 3. The van der Waals surface area contributed by atoms with Crippen LogP contribution >= 0.6 is 0 Å². The van der Waals surface area contributed by atoms with Crippen LogP contribution in [0.25, 0.3) is 32.9 Å². The number of fused-ring (bicyclic) bond motifs is 4. The van der Waals surface area contributed by atoms with E-state index in [0.29, 0.717) is 29.8 Å². The Balaban J connectivity index is 0.912. The zero-order valence-corrected chi connectivity index (χ0v) is 22.8. The van der Waals surface area contributed by atoms with Gasteiger partial charge in [0.05, 0.1) is 11.2 Å². The van der Waals surface area contributed by atoms with Crippen molar-refractivity contribution in [2.45, 2.75) is 32.1 Å². The summed E-state index contributed by atoms with van der Waals surface area (Å²) in [6.07, 6.45) is 6.38. The summed E-state index contributed by atoms with van der Waals surface area (Å²) in [6.45, 7) is 2.26. The second-order valence-electron chi connectivity index (χ2n) is 10.8. The van der Waals surface area contributed by atoms with Crippen molar-refractivity contribution >= 4 is 44.7 Å². The molecule has 2 heterocycles. The van der Waals surface area contributed by atoms with E-state index in [1.807, 2.05) is 42.5 Å². The van der Waals surface area contributed by atoms with E-state index >= 15 is 0 Å². The molecular weight excluding hydrogens is 510 g/mol. The number of aromatic nitrogens is 2. The van der Waals surface area contributed by atoms with Gasteiger partial charge in [0.25, 0.3) is 0 Å². The SMILES string of the molecule is O=C(CCNCCCNc1c2c(nc3ccccc13)CCC2)Nc1ccc2c(c1)C(=O)c1cccc3ccnc-2c13. The van der Waals surface area contributed by atoms with Crippen molar-refractivity contribution in [1.29, 1.82) is 0 Å². The van der Waals surface area contributed by atoms with Gasteiger partial charge < -0.3 is 16.0 Å². The van der Waals surface area contributed by atoms with E-state index < -0.39 is 0 Å². The van der Waals surface area contributed by atoms with Crippen LogP contribution in [0.3, 0.4) is 0 Å². The number of pyridine rings is 2. The number of nitrogens with one attached hydrogen (secondary N) is 3. The molecule has 5 aromatic rings. The number of nitrogens with zero attached hydrogens (tertiary/aromatic N) is 2. The molecule has 3 aromatic carbocycles. The third kappa shape index (κ3) is 4.72. The first kappa shape index (κ1) is 25.4. The van der Waals surface area contributed by atoms with Crippen molar-refractivity contribution in [3.63, 3.8) is 0 Å². The van der Waals surface area contributed by atoms with Crippen LogP contribution in [0.4, 0.5) is 11.4 Å². The predicted molar refractivity (Wildman–Crippen MR) is 164 cm³/mol. The van der Waals surface area contributed by atoms with E-state index in [0.717, 1.165) is 59.9 Å². The minimum atomic E-state index is -0.0849. The third-order valence-electron chi connectivity index (χ3n) is 8.12. The number of para-hydroxylation sites is 1. The topological polar surface area (TPSA) is 96.0 Å². The average molecular weight is 542 g/mol. The number of hydrogen-bond acceptors (Lipinski definition) is 6. The molecule has 2 aliphatic rings. The number of benzene rings is 3. The monoisotopic (exact) mass is 541 g/mol. The fourth-order valence-corrected chi connectivity index (χ4v) is 6.17. The lowest BCUT2D eigenvalue weighted by atomic mass is 9.85. The minimum absolute atomic E-state index is 0.0396. The third-order valence-corrected chi connectivity index (χ3v) is 8.12. The molecule has 0 unspecified atom stereocenters. The molecule has 0 radical (unpaired) electrons. The molecule has 0 saturated carbocycles. The Hall–Kier alpha value is -4.62. The van der Waals surface area contributed by atoms with Crippen molar-refractivity contribution in [3.05, 3.63) is 95.3 Å². The van der Waals surface area contributed by atoms with Crippen LogP contribution in [0.2, 0.25) is 0 Å². The molecule has 7 rings (SSSR count). The number of amides is 1. The van der Waals surface area contributed by atoms with Crippen LogP contribution < -0.4 is 16.0 Å². The van der Waals surface area contributed by atoms with Crippen molar-refractivity contribution < 1.29 is 9.59 Å². The van der Waals surface area contributed by atoms with E-state index in [4.69, 9.17) is 4.98 Å². The summed E-state index contributed by atoms with van der Waals surface area (Å²) in [5, 5.41) is 13.1. The second kappa shape index (κ2) is 10.7. The molecule has 7 nitrogen and oxygen atoms in total. The van der Waals surface area contributed by atoms with Gasteiger partial charge in [-0.15, -0.1) is 0 Å². The van der Waals surface area contributed by atoms with Crippen LogP contribution in [-0.4, -0.2) is 41.3 Å². The quantitative estimate of drug-likeness (QED) is 0.197. The van der Waals surface area contributed by atoms with Crippen LogP contribution in [0.1, 0.15) is 46.4 Å². The van der Waals surface area contributed by atoms with E-state index in [9.17, 15) is 9.59 Å². The Morgan fingerprint density at radius 3 is 2.76 bits per heavy atom. The molecule has 0 fully saturated rings. The Bertz CT molecular complexity index is 1820. The summed E-state index contributed by atoms with van der Waals surface area (Å²) < 4.78 is 0. The fourth-order valence-electron chi connectivity index (χ4n) is 6.17. The highest BCUT2D eigenvalue weighted by atomic mass is 16.1. The highest BCUT2D eigenvalue weighted by molar-refractivity contribution is 6.25. The largest absolute Gasteiger partial charge is 0.384 e. The molecule has 41 heavy (non-hydrogen) atoms. The first-order chi connectivity index (χ1) is 20.2. The van der Waals surface area contributed by atoms with Crippen molar-refractivity contribution in [2.75, 3.05) is 30.3 Å². The lowest BCUT2D eigenvalue weighted by Gasteiger charge is -2.19. The Kier molecular flexibility index (Phi) is 6.65. The molecule has 3 N–H and O–H groups in total. The summed E-state index contributed by atoms with van der Waals surface area (Å²) in [5.74, 6) is -0.125. The predicted octanol–water partition coefficient (Wildman–Crippen LogP) is 5.90. The van der Waals surface area contributed by atoms with Crippen LogP contribution in [0.5, 0.6) is 0 Å². The maximum atomic E-state index is 13.3. The van der Waals surface area contributed by atoms with Crippen LogP contribution in [-0.2, 0) is 17.6 Å². The van der Waals surface area contributed by atoms with Gasteiger partial charge in [-0.1, -0.05) is 36.4 Å². The number of aryl methyl sites for hydroxylation is 1. The molecule has 2 aliphatic carbocycles. The number of rotatable bonds is 9. The lowest BCUT2D eigenvalue weighted by molar-refractivity contribution is -0.116. The van der Waals surface area contributed by atoms with Gasteiger partial charge >= 0.3 is 0 Å². The molecule has 0 spiro atoms. The molecule has 204 valence electrons. The first-order valence-electron chi connectivity index (χ1n) is 14.4. The first-order valence-corrected chi connectivity index (χ1v) is 14.4. The van der Waals surface area contributed by atoms with Gasteiger partial charge in [0, 0.05) is 70.2 Å². The van der Waals surface area contributed by atoms with E-state index in [2.05, 4.69) is 39.1 Å². The van der Waals surface area contributed by atoms with Crippen LogP contribution in [0, 0.1) is 0 Å². The lowest BCUT2D eigenvalue weighted by Crippen LogP contribution is -2.24. The molecule has 7 heteroatoms. The average Bonchev–Trinajstić information content (AvgIpc) is 3.47. The van der Waals surface area contributed by atoms with Crippen molar-refractivity contribution in [1.82, 2.24) is 15.3 Å². The molecule has 1 amide bonds. The molecule has 2 aromatic heterocycles. The van der Waals surface area contributed by atoms with E-state index in [-0.39, 0.29) is 11.7 Å². The summed E-state index contributed by atoms with van der Waals surface area (Å²) in [6, 6.07) is 21.5. The maximum absolute atomic E-state index is 13.3. The fraction of sp³-hybridized carbons (Fsp3) is 0.235. The van der Waals surface area contributed by atoms with Crippen molar-refractivity contribution in [3.8, 4) is 11.3 Å². The van der Waals surface area contributed by atoms with E-state index in [1.165, 1.54) is 28.8 Å². The normalized spacial score (nSPS) is 13.3. The highest BCUT2D eigenvalue weighted by Crippen LogP contribution is 2.39. The smallest absolute Gasteiger partial charge is 0.225 e. The summed E-state index contributed by atoms with van der Waals surface area (Å²) >= 11 is 0. The Labute approximate surface area is 238 Å². The van der Waals surface area contributed by atoms with Gasteiger partial charge in [-0.3, -0.25) is 19.6 Å². The molecular formula is C34H31N5O2. The number of carbonyl (C=O) groups is 2. The van der Waals surface area contributed by atoms with Gasteiger partial charge in [-0.2, -0.15) is 0 Å². The van der Waals surface area contributed by atoms with Gasteiger partial charge in [-0.25, -0.2) is 0 Å². The van der Waals surface area contributed by atoms with Gasteiger partial charge in [0.15, 0.2) is 5.78 Å². The van der Waals surface area contributed by atoms with Crippen LogP contribution in [0.15, 0.2) is 72.9 Å². The Morgan fingerprint density at radius 2 is 1.80 bits per heavy atom. The molecule has 0 aliphatic heterocycles.